The van der Waals surface area contributed by atoms with Crippen molar-refractivity contribution in [2.45, 2.75) is 0 Å². The van der Waals surface area contributed by atoms with Crippen LogP contribution >= 0.6 is 0 Å². The summed E-state index contributed by atoms with van der Waals surface area (Å²) in [5.74, 6) is 0. The van der Waals surface area contributed by atoms with Gasteiger partial charge in [0.1, 0.15) is 22.3 Å². The molecule has 0 amide bonds. The van der Waals surface area contributed by atoms with Gasteiger partial charge in [0.05, 0.1) is 0 Å². The summed E-state index contributed by atoms with van der Waals surface area (Å²) in [6.07, 6.45) is 0. The molecule has 0 N–H and O–H groups in total. The van der Waals surface area contributed by atoms with Gasteiger partial charge in [-0.15, -0.1) is 0 Å². The average Bonchev–Trinajstić information content (AvgIpc) is 3.77. The Labute approximate surface area is 311 Å². The molecule has 2 nitrogen and oxygen atoms in total. The summed E-state index contributed by atoms with van der Waals surface area (Å²) in [5.41, 5.74) is 10.6. The predicted octanol–water partition coefficient (Wildman–Crippen LogP) is 15.1. The standard InChI is InChI=1S/C52H32O2/c1-2-7-15-42(38-24-25-50-47(28-38)48-30-40-31-51-46(29-39(40)32-52(48)54-50)45-18-10-11-19-49(45)53-51)44-17-9-8-16-43(44)41(14-6-1)37-23-22-35-26-34(20-21-36(35)27-37)33-12-4-3-5-13-33/h1-32H. The highest BCUT2D eigenvalue weighted by Crippen LogP contribution is 2.40. The number of benzene rings is 8. The number of rotatable bonds is 3. The summed E-state index contributed by atoms with van der Waals surface area (Å²) in [6, 6.07) is 69.5. The summed E-state index contributed by atoms with van der Waals surface area (Å²) in [5, 5.41) is 11.5. The predicted molar refractivity (Wildman–Crippen MR) is 227 cm³/mol. The summed E-state index contributed by atoms with van der Waals surface area (Å²) < 4.78 is 12.8. The van der Waals surface area contributed by atoms with E-state index in [0.29, 0.717) is 0 Å². The van der Waals surface area contributed by atoms with Gasteiger partial charge in [-0.3, -0.25) is 0 Å². The fourth-order valence-corrected chi connectivity index (χ4v) is 8.20. The number of para-hydroxylation sites is 1. The molecule has 252 valence electrons. The molecule has 0 bridgehead atoms. The van der Waals surface area contributed by atoms with E-state index in [-0.39, 0.29) is 0 Å². The first-order valence-electron chi connectivity index (χ1n) is 18.4. The molecule has 0 spiro atoms. The van der Waals surface area contributed by atoms with Crippen LogP contribution in [0.15, 0.2) is 203 Å². The van der Waals surface area contributed by atoms with Gasteiger partial charge in [0.25, 0.3) is 0 Å². The molecule has 0 atom stereocenters. The Kier molecular flexibility index (Phi) is 6.90. The van der Waals surface area contributed by atoms with Crippen LogP contribution in [0.1, 0.15) is 0 Å². The Morgan fingerprint density at radius 3 is 1.37 bits per heavy atom. The van der Waals surface area contributed by atoms with Crippen molar-refractivity contribution in [1.82, 2.24) is 0 Å². The van der Waals surface area contributed by atoms with Gasteiger partial charge >= 0.3 is 0 Å². The summed E-state index contributed by atoms with van der Waals surface area (Å²) in [6.45, 7) is 0. The smallest absolute Gasteiger partial charge is 0.136 e. The van der Waals surface area contributed by atoms with Crippen molar-refractivity contribution in [3.8, 4) is 33.4 Å². The third kappa shape index (κ3) is 5.03. The fourth-order valence-electron chi connectivity index (χ4n) is 8.20. The van der Waals surface area contributed by atoms with Gasteiger partial charge in [-0.25, -0.2) is 0 Å². The molecule has 0 aliphatic carbocycles. The highest BCUT2D eigenvalue weighted by Gasteiger charge is 2.14. The van der Waals surface area contributed by atoms with Crippen molar-refractivity contribution in [3.05, 3.63) is 194 Å². The van der Waals surface area contributed by atoms with Crippen molar-refractivity contribution in [2.24, 2.45) is 0 Å². The fraction of sp³-hybridized carbons (Fsp3) is 0. The molecule has 11 rings (SSSR count). The van der Waals surface area contributed by atoms with Crippen LogP contribution < -0.4 is 0 Å². The van der Waals surface area contributed by atoms with Crippen LogP contribution in [-0.2, 0) is 0 Å². The first-order chi connectivity index (χ1) is 26.7. The number of hydrogen-bond donors (Lipinski definition) is 0. The van der Waals surface area contributed by atoms with Crippen LogP contribution in [0.5, 0.6) is 0 Å². The summed E-state index contributed by atoms with van der Waals surface area (Å²) >= 11 is 0. The van der Waals surface area contributed by atoms with E-state index in [2.05, 4.69) is 182 Å². The zero-order chi connectivity index (χ0) is 35.6. The quantitative estimate of drug-likeness (QED) is 0.185. The lowest BCUT2D eigenvalue weighted by molar-refractivity contribution is 0.668. The van der Waals surface area contributed by atoms with E-state index in [9.17, 15) is 0 Å². The summed E-state index contributed by atoms with van der Waals surface area (Å²) in [7, 11) is 0. The van der Waals surface area contributed by atoms with Crippen molar-refractivity contribution in [3.63, 3.8) is 0 Å². The van der Waals surface area contributed by atoms with E-state index < -0.39 is 0 Å². The zero-order valence-corrected chi connectivity index (χ0v) is 29.3. The number of hydrogen-bond acceptors (Lipinski definition) is 2. The van der Waals surface area contributed by atoms with Crippen LogP contribution in [0.3, 0.4) is 0 Å². The third-order valence-electron chi connectivity index (χ3n) is 10.9. The average molecular weight is 689 g/mol. The topological polar surface area (TPSA) is 26.3 Å². The van der Waals surface area contributed by atoms with Crippen molar-refractivity contribution < 1.29 is 8.83 Å². The minimum absolute atomic E-state index is 0.873. The zero-order valence-electron chi connectivity index (χ0n) is 29.3. The first kappa shape index (κ1) is 30.5. The maximum Gasteiger partial charge on any atom is 0.136 e. The molecule has 0 fully saturated rings. The molecule has 11 aromatic rings. The molecule has 54 heavy (non-hydrogen) atoms. The van der Waals surface area contributed by atoms with E-state index in [1.165, 1.54) is 43.8 Å². The molecule has 0 saturated heterocycles. The molecule has 2 heterocycles. The van der Waals surface area contributed by atoms with Gasteiger partial charge in [0, 0.05) is 21.5 Å². The van der Waals surface area contributed by atoms with Gasteiger partial charge < -0.3 is 8.83 Å². The Hall–Kier alpha value is -7.16. The lowest BCUT2D eigenvalue weighted by Gasteiger charge is -2.11. The van der Waals surface area contributed by atoms with Crippen LogP contribution in [0, 0.1) is 0 Å². The molecule has 2 aromatic heterocycles. The minimum Gasteiger partial charge on any atom is -0.456 e. The van der Waals surface area contributed by atoms with Crippen LogP contribution in [0.2, 0.25) is 0 Å². The third-order valence-corrected chi connectivity index (χ3v) is 10.9. The van der Waals surface area contributed by atoms with Gasteiger partial charge in [-0.1, -0.05) is 140 Å². The Bertz CT molecular complexity index is 3330. The maximum absolute atomic E-state index is 6.50. The van der Waals surface area contributed by atoms with Gasteiger partial charge in [-0.2, -0.15) is 0 Å². The monoisotopic (exact) mass is 688 g/mol. The van der Waals surface area contributed by atoms with Crippen molar-refractivity contribution in [1.29, 1.82) is 0 Å². The van der Waals surface area contributed by atoms with E-state index in [0.717, 1.165) is 65.8 Å². The normalized spacial score (nSPS) is 11.7. The minimum atomic E-state index is 0.873. The lowest BCUT2D eigenvalue weighted by Crippen LogP contribution is -1.84. The van der Waals surface area contributed by atoms with Crippen molar-refractivity contribution >= 4 is 76.2 Å². The molecular weight excluding hydrogens is 657 g/mol. The second-order valence-electron chi connectivity index (χ2n) is 14.1. The molecule has 2 heteroatoms. The second-order valence-corrected chi connectivity index (χ2v) is 14.1. The van der Waals surface area contributed by atoms with Crippen LogP contribution in [0.25, 0.3) is 110 Å². The lowest BCUT2D eigenvalue weighted by atomic mass is 9.93. The number of fused-ring (bicyclic) bond motifs is 9. The first-order valence-corrected chi connectivity index (χ1v) is 18.4. The Balaban J connectivity index is 1.08. The van der Waals surface area contributed by atoms with Gasteiger partial charge in [0.2, 0.25) is 0 Å². The van der Waals surface area contributed by atoms with Gasteiger partial charge in [-0.05, 0) is 120 Å². The van der Waals surface area contributed by atoms with Crippen LogP contribution in [0.4, 0.5) is 0 Å². The van der Waals surface area contributed by atoms with Crippen molar-refractivity contribution in [2.75, 3.05) is 0 Å². The van der Waals surface area contributed by atoms with Gasteiger partial charge in [0.15, 0.2) is 0 Å². The summed E-state index contributed by atoms with van der Waals surface area (Å²) in [4.78, 5) is 0. The van der Waals surface area contributed by atoms with Crippen LogP contribution in [-0.4, -0.2) is 0 Å². The Morgan fingerprint density at radius 1 is 0.222 bits per heavy atom. The molecular formula is C52H32O2. The second kappa shape index (κ2) is 12.2. The highest BCUT2D eigenvalue weighted by atomic mass is 16.3. The number of furan rings is 2. The maximum atomic E-state index is 6.50. The molecule has 9 aromatic carbocycles. The van der Waals surface area contributed by atoms with E-state index in [4.69, 9.17) is 8.83 Å². The molecule has 0 saturated carbocycles. The SMILES string of the molecule is c1ccc(-c2ccc3cc(-c4ccccccc(-c5ccc6oc7cc8cc9c(cc8cc7c6c5)oc5ccccc59)c5ccccc45)ccc3c2)cc1. The molecule has 0 aliphatic heterocycles. The highest BCUT2D eigenvalue weighted by molar-refractivity contribution is 6.16. The molecule has 0 unspecified atom stereocenters. The molecule has 0 radical (unpaired) electrons. The van der Waals surface area contributed by atoms with E-state index in [1.54, 1.807) is 0 Å². The van der Waals surface area contributed by atoms with E-state index in [1.807, 2.05) is 12.1 Å². The van der Waals surface area contributed by atoms with E-state index >= 15 is 0 Å². The Morgan fingerprint density at radius 2 is 0.685 bits per heavy atom. The largest absolute Gasteiger partial charge is 0.456 e. The molecule has 0 aliphatic rings.